The fourth-order valence-corrected chi connectivity index (χ4v) is 0.919. The molecule has 11 heavy (non-hydrogen) atoms. The number of aryl methyl sites for hydroxylation is 3. The van der Waals surface area contributed by atoms with Crippen LogP contribution in [0.4, 0.5) is 0 Å². The van der Waals surface area contributed by atoms with Crippen molar-refractivity contribution in [2.24, 2.45) is 0 Å². The predicted octanol–water partition coefficient (Wildman–Crippen LogP) is 2.05. The van der Waals surface area contributed by atoms with Crippen LogP contribution in [0.5, 0.6) is 0 Å². The van der Waals surface area contributed by atoms with Crippen LogP contribution in [0.1, 0.15) is 30.4 Å². The van der Waals surface area contributed by atoms with Crippen molar-refractivity contribution in [2.75, 3.05) is 0 Å². The van der Waals surface area contributed by atoms with Crippen LogP contribution in [0.25, 0.3) is 0 Å². The molecule has 0 amide bonds. The van der Waals surface area contributed by atoms with Crippen LogP contribution in [-0.4, -0.2) is 9.97 Å². The molecule has 1 aromatic heterocycles. The van der Waals surface area contributed by atoms with E-state index in [-0.39, 0.29) is 0 Å². The number of nitrogens with zero attached hydrogens (tertiary/aromatic N) is 2. The lowest BCUT2D eigenvalue weighted by atomic mass is 10.2. The summed E-state index contributed by atoms with van der Waals surface area (Å²) >= 11 is 0. The van der Waals surface area contributed by atoms with Crippen molar-refractivity contribution < 1.29 is 0 Å². The van der Waals surface area contributed by atoms with Gasteiger partial charge in [-0.1, -0.05) is 6.92 Å². The topological polar surface area (TPSA) is 25.8 Å². The van der Waals surface area contributed by atoms with Gasteiger partial charge in [0.1, 0.15) is 5.82 Å². The maximum absolute atomic E-state index is 4.35. The summed E-state index contributed by atoms with van der Waals surface area (Å²) in [4.78, 5) is 8.57. The van der Waals surface area contributed by atoms with E-state index in [1.807, 2.05) is 20.0 Å². The summed E-state index contributed by atoms with van der Waals surface area (Å²) in [5.41, 5.74) is 2.27. The van der Waals surface area contributed by atoms with Gasteiger partial charge in [-0.25, -0.2) is 9.97 Å². The third kappa shape index (κ3) is 2.00. The van der Waals surface area contributed by atoms with Crippen LogP contribution >= 0.6 is 0 Å². The summed E-state index contributed by atoms with van der Waals surface area (Å²) in [6, 6.07) is 0. The highest BCUT2D eigenvalue weighted by Gasteiger charge is 1.97. The van der Waals surface area contributed by atoms with Crippen molar-refractivity contribution in [3.05, 3.63) is 23.3 Å². The van der Waals surface area contributed by atoms with Gasteiger partial charge in [0.2, 0.25) is 0 Å². The summed E-state index contributed by atoms with van der Waals surface area (Å²) in [5.74, 6) is 0.968. The average Bonchev–Trinajstić information content (AvgIpc) is 1.98. The molecule has 60 valence electrons. The van der Waals surface area contributed by atoms with Crippen molar-refractivity contribution in [1.82, 2.24) is 9.97 Å². The van der Waals surface area contributed by atoms with E-state index in [2.05, 4.69) is 16.9 Å². The van der Waals surface area contributed by atoms with Crippen LogP contribution in [0.15, 0.2) is 6.20 Å². The van der Waals surface area contributed by atoms with E-state index in [9.17, 15) is 0 Å². The number of aromatic nitrogens is 2. The highest BCUT2D eigenvalue weighted by Crippen LogP contribution is 2.02. The summed E-state index contributed by atoms with van der Waals surface area (Å²) in [6.07, 6.45) is 4.00. The summed E-state index contributed by atoms with van der Waals surface area (Å²) < 4.78 is 0. The van der Waals surface area contributed by atoms with E-state index in [0.29, 0.717) is 0 Å². The lowest BCUT2D eigenvalue weighted by Crippen LogP contribution is -1.97. The molecule has 0 bridgehead atoms. The second-order valence-corrected chi connectivity index (χ2v) is 2.80. The van der Waals surface area contributed by atoms with Gasteiger partial charge in [0, 0.05) is 18.3 Å². The van der Waals surface area contributed by atoms with E-state index in [4.69, 9.17) is 0 Å². The summed E-state index contributed by atoms with van der Waals surface area (Å²) in [7, 11) is 0. The first-order chi connectivity index (χ1) is 5.24. The molecule has 0 unspecified atom stereocenters. The molecule has 0 aliphatic heterocycles. The maximum atomic E-state index is 4.35. The molecule has 2 nitrogen and oxygen atoms in total. The van der Waals surface area contributed by atoms with Crippen LogP contribution in [0.3, 0.4) is 0 Å². The zero-order chi connectivity index (χ0) is 8.27. The van der Waals surface area contributed by atoms with Crippen LogP contribution in [0.2, 0.25) is 0 Å². The Labute approximate surface area is 67.7 Å². The molecular formula is C9H14N2. The number of hydrogen-bond donors (Lipinski definition) is 0. The molecule has 0 saturated heterocycles. The third-order valence-corrected chi connectivity index (χ3v) is 1.75. The molecule has 0 aliphatic carbocycles. The first kappa shape index (κ1) is 8.18. The summed E-state index contributed by atoms with van der Waals surface area (Å²) in [6.45, 7) is 6.19. The van der Waals surface area contributed by atoms with Gasteiger partial charge in [0.05, 0.1) is 0 Å². The molecule has 0 saturated carbocycles. The van der Waals surface area contributed by atoms with E-state index >= 15 is 0 Å². The Hall–Kier alpha value is -0.920. The first-order valence-corrected chi connectivity index (χ1v) is 4.03. The monoisotopic (exact) mass is 150 g/mol. The van der Waals surface area contributed by atoms with Gasteiger partial charge in [0.15, 0.2) is 0 Å². The first-order valence-electron chi connectivity index (χ1n) is 4.03. The highest BCUT2D eigenvalue weighted by molar-refractivity contribution is 5.13. The standard InChI is InChI=1S/C9H14N2/c1-4-5-9-10-6-7(2)8(3)11-9/h6H,4-5H2,1-3H3. The largest absolute Gasteiger partial charge is 0.241 e. The van der Waals surface area contributed by atoms with Gasteiger partial charge in [-0.15, -0.1) is 0 Å². The molecule has 1 heterocycles. The van der Waals surface area contributed by atoms with Gasteiger partial charge in [0.25, 0.3) is 0 Å². The Balaban J connectivity index is 2.86. The zero-order valence-electron chi connectivity index (χ0n) is 7.39. The van der Waals surface area contributed by atoms with Crippen molar-refractivity contribution in [1.29, 1.82) is 0 Å². The second-order valence-electron chi connectivity index (χ2n) is 2.80. The van der Waals surface area contributed by atoms with Crippen molar-refractivity contribution in [3.8, 4) is 0 Å². The minimum absolute atomic E-state index is 0.968. The van der Waals surface area contributed by atoms with Gasteiger partial charge in [-0.05, 0) is 25.8 Å². The van der Waals surface area contributed by atoms with Gasteiger partial charge in [-0.2, -0.15) is 0 Å². The molecule has 0 aliphatic rings. The number of rotatable bonds is 2. The van der Waals surface area contributed by atoms with Gasteiger partial charge >= 0.3 is 0 Å². The number of hydrogen-bond acceptors (Lipinski definition) is 2. The predicted molar refractivity (Wildman–Crippen MR) is 45.5 cm³/mol. The fourth-order valence-electron chi connectivity index (χ4n) is 0.919. The normalized spacial score (nSPS) is 10.1. The molecule has 1 aromatic rings. The van der Waals surface area contributed by atoms with E-state index in [0.717, 1.165) is 24.4 Å². The Morgan fingerprint density at radius 1 is 1.36 bits per heavy atom. The molecular weight excluding hydrogens is 136 g/mol. The van der Waals surface area contributed by atoms with Crippen molar-refractivity contribution in [3.63, 3.8) is 0 Å². The zero-order valence-corrected chi connectivity index (χ0v) is 7.39. The van der Waals surface area contributed by atoms with Crippen molar-refractivity contribution >= 4 is 0 Å². The van der Waals surface area contributed by atoms with Crippen LogP contribution < -0.4 is 0 Å². The molecule has 0 atom stereocenters. The third-order valence-electron chi connectivity index (χ3n) is 1.75. The van der Waals surface area contributed by atoms with Crippen LogP contribution in [0, 0.1) is 13.8 Å². The quantitative estimate of drug-likeness (QED) is 0.644. The molecule has 2 heteroatoms. The Morgan fingerprint density at radius 2 is 2.09 bits per heavy atom. The molecule has 0 spiro atoms. The lowest BCUT2D eigenvalue weighted by molar-refractivity contribution is 0.819. The smallest absolute Gasteiger partial charge is 0.128 e. The molecule has 0 fully saturated rings. The van der Waals surface area contributed by atoms with E-state index < -0.39 is 0 Å². The SMILES string of the molecule is CCCc1ncc(C)c(C)n1. The maximum Gasteiger partial charge on any atom is 0.128 e. The highest BCUT2D eigenvalue weighted by atomic mass is 14.9. The molecule has 0 N–H and O–H groups in total. The van der Waals surface area contributed by atoms with Crippen LogP contribution in [-0.2, 0) is 6.42 Å². The molecule has 0 aromatic carbocycles. The molecule has 0 radical (unpaired) electrons. The Kier molecular flexibility index (Phi) is 2.58. The van der Waals surface area contributed by atoms with Gasteiger partial charge < -0.3 is 0 Å². The average molecular weight is 150 g/mol. The minimum Gasteiger partial charge on any atom is -0.241 e. The lowest BCUT2D eigenvalue weighted by Gasteiger charge is -2.00. The second kappa shape index (κ2) is 3.46. The Morgan fingerprint density at radius 3 is 2.64 bits per heavy atom. The summed E-state index contributed by atoms with van der Waals surface area (Å²) in [5, 5.41) is 0. The molecule has 1 rings (SSSR count). The minimum atomic E-state index is 0.968. The van der Waals surface area contributed by atoms with E-state index in [1.165, 1.54) is 5.56 Å². The Bertz CT molecular complexity index is 243. The van der Waals surface area contributed by atoms with Crippen molar-refractivity contribution in [2.45, 2.75) is 33.6 Å². The fraction of sp³-hybridized carbons (Fsp3) is 0.556. The van der Waals surface area contributed by atoms with Gasteiger partial charge in [-0.3, -0.25) is 0 Å². The van der Waals surface area contributed by atoms with E-state index in [1.54, 1.807) is 0 Å².